The smallest absolute Gasteiger partial charge is 0.250 e. The maximum Gasteiger partial charge on any atom is 0.250 e. The normalized spacial score (nSPS) is 25.3. The molecule has 5 nitrogen and oxygen atoms in total. The number of halogens is 1. The lowest BCUT2D eigenvalue weighted by Crippen LogP contribution is -2.43. The fourth-order valence-corrected chi connectivity index (χ4v) is 4.48. The highest BCUT2D eigenvalue weighted by Gasteiger charge is 2.31. The van der Waals surface area contributed by atoms with E-state index < -0.39 is 10.0 Å². The molecule has 0 amide bonds. The van der Waals surface area contributed by atoms with Crippen LogP contribution in [-0.4, -0.2) is 40.8 Å². The summed E-state index contributed by atoms with van der Waals surface area (Å²) in [6.45, 7) is 1.21. The number of nitrogens with one attached hydrogen (secondary N) is 2. The summed E-state index contributed by atoms with van der Waals surface area (Å²) >= 11 is 6.77. The summed E-state index contributed by atoms with van der Waals surface area (Å²) in [6, 6.07) is 2.83. The topological polar surface area (TPSA) is 67.4 Å². The third kappa shape index (κ3) is 2.98. The second-order valence-electron chi connectivity index (χ2n) is 3.72. The van der Waals surface area contributed by atoms with Crippen LogP contribution in [0.15, 0.2) is 16.3 Å². The van der Waals surface area contributed by atoms with Gasteiger partial charge in [-0.1, -0.05) is 11.6 Å². The van der Waals surface area contributed by atoms with Crippen molar-refractivity contribution in [3.8, 4) is 0 Å². The maximum absolute atomic E-state index is 12.0. The van der Waals surface area contributed by atoms with E-state index >= 15 is 0 Å². The van der Waals surface area contributed by atoms with Crippen LogP contribution >= 0.6 is 22.9 Å². The number of ether oxygens (including phenoxy) is 1. The fraction of sp³-hybridized carbons (Fsp3) is 0.556. The van der Waals surface area contributed by atoms with Gasteiger partial charge in [-0.2, -0.15) is 0 Å². The Labute approximate surface area is 109 Å². The standard InChI is InChI=1S/C9H13ClN2O3S2/c1-15-7-5-11-4-6(7)12-17(13,14)9-3-2-8(10)16-9/h2-3,6-7,11-12H,4-5H2,1H3/t6?,7-/m1/s1. The molecule has 1 aliphatic rings. The second-order valence-corrected chi connectivity index (χ2v) is 7.37. The van der Waals surface area contributed by atoms with Crippen LogP contribution in [0.2, 0.25) is 4.34 Å². The monoisotopic (exact) mass is 296 g/mol. The van der Waals surface area contributed by atoms with Gasteiger partial charge >= 0.3 is 0 Å². The Bertz CT molecular complexity index is 488. The van der Waals surface area contributed by atoms with Crippen LogP contribution in [0.3, 0.4) is 0 Å². The predicted octanol–water partition coefficient (Wildman–Crippen LogP) is 0.667. The quantitative estimate of drug-likeness (QED) is 0.857. The van der Waals surface area contributed by atoms with Gasteiger partial charge in [-0.05, 0) is 12.1 Å². The average Bonchev–Trinajstić information content (AvgIpc) is 2.86. The number of hydrogen-bond donors (Lipinski definition) is 2. The van der Waals surface area contributed by atoms with Crippen LogP contribution in [0.1, 0.15) is 0 Å². The van der Waals surface area contributed by atoms with Gasteiger partial charge < -0.3 is 10.1 Å². The van der Waals surface area contributed by atoms with Crippen molar-refractivity contribution in [2.24, 2.45) is 0 Å². The molecule has 0 aliphatic carbocycles. The van der Waals surface area contributed by atoms with Gasteiger partial charge in [0.2, 0.25) is 10.0 Å². The molecule has 1 aliphatic heterocycles. The minimum Gasteiger partial charge on any atom is -0.378 e. The van der Waals surface area contributed by atoms with Crippen molar-refractivity contribution in [2.45, 2.75) is 16.4 Å². The molecule has 0 spiro atoms. The van der Waals surface area contributed by atoms with Gasteiger partial charge in [0.25, 0.3) is 0 Å². The SMILES string of the molecule is CO[C@@H]1CNCC1NS(=O)(=O)c1ccc(Cl)s1. The van der Waals surface area contributed by atoms with E-state index in [1.54, 1.807) is 13.2 Å². The lowest BCUT2D eigenvalue weighted by molar-refractivity contribution is 0.103. The summed E-state index contributed by atoms with van der Waals surface area (Å²) in [5.41, 5.74) is 0. The maximum atomic E-state index is 12.0. The van der Waals surface area contributed by atoms with E-state index in [0.717, 1.165) is 11.3 Å². The molecular formula is C9H13ClN2O3S2. The van der Waals surface area contributed by atoms with Gasteiger partial charge in [0.05, 0.1) is 16.5 Å². The van der Waals surface area contributed by atoms with Gasteiger partial charge in [0, 0.05) is 20.2 Å². The minimum atomic E-state index is -3.50. The second kappa shape index (κ2) is 5.21. The van der Waals surface area contributed by atoms with E-state index in [1.165, 1.54) is 6.07 Å². The molecule has 96 valence electrons. The van der Waals surface area contributed by atoms with E-state index in [1.807, 2.05) is 0 Å². The summed E-state index contributed by atoms with van der Waals surface area (Å²) in [7, 11) is -1.93. The van der Waals surface area contributed by atoms with Gasteiger partial charge in [-0.25, -0.2) is 13.1 Å². The Hall–Kier alpha value is -0.180. The molecule has 2 N–H and O–H groups in total. The Morgan fingerprint density at radius 3 is 2.88 bits per heavy atom. The number of methoxy groups -OCH3 is 1. The Balaban J connectivity index is 2.12. The molecule has 1 fully saturated rings. The van der Waals surface area contributed by atoms with Crippen LogP contribution in [0.5, 0.6) is 0 Å². The molecular weight excluding hydrogens is 284 g/mol. The van der Waals surface area contributed by atoms with E-state index in [-0.39, 0.29) is 16.4 Å². The van der Waals surface area contributed by atoms with E-state index in [2.05, 4.69) is 10.0 Å². The molecule has 2 rings (SSSR count). The molecule has 0 saturated carbocycles. The molecule has 8 heteroatoms. The lowest BCUT2D eigenvalue weighted by Gasteiger charge is -2.17. The Morgan fingerprint density at radius 2 is 2.29 bits per heavy atom. The first-order valence-corrected chi connectivity index (χ1v) is 7.72. The van der Waals surface area contributed by atoms with Gasteiger partial charge in [-0.3, -0.25) is 0 Å². The predicted molar refractivity (Wildman–Crippen MR) is 67.1 cm³/mol. The van der Waals surface area contributed by atoms with Crippen LogP contribution in [0, 0.1) is 0 Å². The molecule has 1 saturated heterocycles. The van der Waals surface area contributed by atoms with Crippen molar-refractivity contribution in [2.75, 3.05) is 20.2 Å². The third-order valence-corrected chi connectivity index (χ3v) is 5.79. The number of hydrogen-bond acceptors (Lipinski definition) is 5. The molecule has 17 heavy (non-hydrogen) atoms. The molecule has 1 aromatic rings. The van der Waals surface area contributed by atoms with Crippen molar-refractivity contribution in [1.29, 1.82) is 0 Å². The molecule has 0 aromatic carbocycles. The molecule has 1 unspecified atom stereocenters. The summed E-state index contributed by atoms with van der Waals surface area (Å²) in [5, 5.41) is 3.08. The third-order valence-electron chi connectivity index (χ3n) is 2.58. The first kappa shape index (κ1) is 13.3. The van der Waals surface area contributed by atoms with Crippen molar-refractivity contribution in [3.63, 3.8) is 0 Å². The summed E-state index contributed by atoms with van der Waals surface area (Å²) in [4.78, 5) is 0. The van der Waals surface area contributed by atoms with Crippen molar-refractivity contribution >= 4 is 33.0 Å². The highest BCUT2D eigenvalue weighted by Crippen LogP contribution is 2.25. The lowest BCUT2D eigenvalue weighted by atomic mass is 10.2. The van der Waals surface area contributed by atoms with Gasteiger partial charge in [-0.15, -0.1) is 11.3 Å². The molecule has 1 aromatic heterocycles. The Kier molecular flexibility index (Phi) is 4.06. The zero-order chi connectivity index (χ0) is 12.5. The minimum absolute atomic E-state index is 0.139. The highest BCUT2D eigenvalue weighted by atomic mass is 35.5. The fourth-order valence-electron chi connectivity index (χ4n) is 1.72. The zero-order valence-corrected chi connectivity index (χ0v) is 11.5. The van der Waals surface area contributed by atoms with Crippen LogP contribution in [-0.2, 0) is 14.8 Å². The van der Waals surface area contributed by atoms with E-state index in [9.17, 15) is 8.42 Å². The molecule has 0 radical (unpaired) electrons. The number of rotatable bonds is 4. The first-order valence-electron chi connectivity index (χ1n) is 5.04. The van der Waals surface area contributed by atoms with Crippen molar-refractivity contribution in [3.05, 3.63) is 16.5 Å². The van der Waals surface area contributed by atoms with Gasteiger partial charge in [0.1, 0.15) is 4.21 Å². The number of sulfonamides is 1. The first-order chi connectivity index (χ1) is 8.03. The molecule has 0 bridgehead atoms. The summed E-state index contributed by atoms with van der Waals surface area (Å²) < 4.78 is 32.5. The molecule has 2 heterocycles. The zero-order valence-electron chi connectivity index (χ0n) is 9.14. The summed E-state index contributed by atoms with van der Waals surface area (Å²) in [5.74, 6) is 0. The number of thiophene rings is 1. The highest BCUT2D eigenvalue weighted by molar-refractivity contribution is 7.91. The van der Waals surface area contributed by atoms with Gasteiger partial charge in [0.15, 0.2) is 0 Å². The average molecular weight is 297 g/mol. The van der Waals surface area contributed by atoms with E-state index in [0.29, 0.717) is 17.4 Å². The van der Waals surface area contributed by atoms with E-state index in [4.69, 9.17) is 16.3 Å². The Morgan fingerprint density at radius 1 is 1.53 bits per heavy atom. The largest absolute Gasteiger partial charge is 0.378 e. The van der Waals surface area contributed by atoms with Crippen LogP contribution in [0.4, 0.5) is 0 Å². The molecule has 2 atom stereocenters. The van der Waals surface area contributed by atoms with Crippen LogP contribution in [0.25, 0.3) is 0 Å². The van der Waals surface area contributed by atoms with Crippen LogP contribution < -0.4 is 10.0 Å². The summed E-state index contributed by atoms with van der Waals surface area (Å²) in [6.07, 6.45) is -0.139. The van der Waals surface area contributed by atoms with Crippen molar-refractivity contribution < 1.29 is 13.2 Å². The van der Waals surface area contributed by atoms with Crippen molar-refractivity contribution in [1.82, 2.24) is 10.0 Å².